The molecular formula is C34H44ClN8O2P. The molecule has 2 aliphatic heterocycles. The Balaban J connectivity index is 1.23. The van der Waals surface area contributed by atoms with E-state index in [2.05, 4.69) is 61.4 Å². The van der Waals surface area contributed by atoms with Gasteiger partial charge in [-0.3, -0.25) is 9.88 Å². The number of anilines is 5. The molecule has 10 nitrogen and oxygen atoms in total. The average molecular weight is 663 g/mol. The predicted octanol–water partition coefficient (Wildman–Crippen LogP) is 6.20. The molecule has 2 aromatic carbocycles. The number of para-hydroxylation sites is 1. The first kappa shape index (κ1) is 32.5. The van der Waals surface area contributed by atoms with Gasteiger partial charge in [0.05, 0.1) is 36.4 Å². The van der Waals surface area contributed by atoms with Crippen molar-refractivity contribution in [2.45, 2.75) is 32.2 Å². The number of benzene rings is 2. The second kappa shape index (κ2) is 13.7. The number of methoxy groups -OCH3 is 1. The van der Waals surface area contributed by atoms with Gasteiger partial charge in [-0.1, -0.05) is 36.7 Å². The van der Waals surface area contributed by atoms with Crippen molar-refractivity contribution in [2.24, 2.45) is 0 Å². The first-order chi connectivity index (χ1) is 22.1. The van der Waals surface area contributed by atoms with E-state index in [9.17, 15) is 4.57 Å². The van der Waals surface area contributed by atoms with Crippen LogP contribution in [0.15, 0.2) is 48.8 Å². The molecule has 0 aliphatic carbocycles. The summed E-state index contributed by atoms with van der Waals surface area (Å²) >= 11 is 6.57. The number of piperidine rings is 1. The topological polar surface area (TPSA) is 98.7 Å². The summed E-state index contributed by atoms with van der Waals surface area (Å²) in [7, 11) is 1.20. The van der Waals surface area contributed by atoms with E-state index < -0.39 is 7.14 Å². The molecular weight excluding hydrogens is 619 g/mol. The summed E-state index contributed by atoms with van der Waals surface area (Å²) < 4.78 is 19.3. The van der Waals surface area contributed by atoms with Crippen molar-refractivity contribution >= 4 is 63.8 Å². The first-order valence-electron chi connectivity index (χ1n) is 16.0. The Hall–Kier alpha value is -3.43. The van der Waals surface area contributed by atoms with Gasteiger partial charge >= 0.3 is 0 Å². The molecule has 4 aromatic rings. The van der Waals surface area contributed by atoms with Crippen molar-refractivity contribution in [1.29, 1.82) is 0 Å². The quantitative estimate of drug-likeness (QED) is 0.202. The largest absolute Gasteiger partial charge is 0.494 e. The van der Waals surface area contributed by atoms with Crippen LogP contribution in [-0.2, 0) is 11.0 Å². The van der Waals surface area contributed by atoms with Gasteiger partial charge in [0.2, 0.25) is 5.95 Å². The van der Waals surface area contributed by atoms with Crippen molar-refractivity contribution in [3.63, 3.8) is 0 Å². The lowest BCUT2D eigenvalue weighted by Gasteiger charge is -2.43. The van der Waals surface area contributed by atoms with Crippen LogP contribution in [0.4, 0.5) is 28.8 Å². The van der Waals surface area contributed by atoms with E-state index in [1.807, 2.05) is 24.3 Å². The summed E-state index contributed by atoms with van der Waals surface area (Å²) in [6.45, 7) is 12.4. The molecule has 0 bridgehead atoms. The van der Waals surface area contributed by atoms with Gasteiger partial charge in [0.25, 0.3) is 0 Å². The minimum absolute atomic E-state index is 0.336. The Morgan fingerprint density at radius 2 is 1.72 bits per heavy atom. The first-order valence-corrected chi connectivity index (χ1v) is 19.0. The number of fused-ring (bicyclic) bond motifs is 1. The Morgan fingerprint density at radius 1 is 0.978 bits per heavy atom. The summed E-state index contributed by atoms with van der Waals surface area (Å²) in [4.78, 5) is 21.4. The third-order valence-electron chi connectivity index (χ3n) is 9.17. The van der Waals surface area contributed by atoms with E-state index in [4.69, 9.17) is 21.3 Å². The maximum Gasteiger partial charge on any atom is 0.229 e. The smallest absolute Gasteiger partial charge is 0.229 e. The van der Waals surface area contributed by atoms with Crippen molar-refractivity contribution < 1.29 is 9.30 Å². The van der Waals surface area contributed by atoms with Crippen LogP contribution in [0, 0.1) is 0 Å². The molecule has 244 valence electrons. The molecule has 4 heterocycles. The fraction of sp³-hybridized carbons (Fsp3) is 0.441. The number of piperazine rings is 1. The molecule has 2 fully saturated rings. The normalized spacial score (nSPS) is 17.0. The Kier molecular flexibility index (Phi) is 9.71. The van der Waals surface area contributed by atoms with Crippen molar-refractivity contribution in [3.8, 4) is 5.75 Å². The van der Waals surface area contributed by atoms with Crippen LogP contribution in [0.25, 0.3) is 10.9 Å². The van der Waals surface area contributed by atoms with E-state index in [-0.39, 0.29) is 0 Å². The molecule has 2 N–H and O–H groups in total. The van der Waals surface area contributed by atoms with E-state index in [1.165, 1.54) is 24.1 Å². The lowest BCUT2D eigenvalue weighted by atomic mass is 9.99. The maximum atomic E-state index is 13.4. The summed E-state index contributed by atoms with van der Waals surface area (Å²) in [5.74, 6) is 1.47. The van der Waals surface area contributed by atoms with Crippen molar-refractivity contribution in [3.05, 3.63) is 59.4 Å². The van der Waals surface area contributed by atoms with Crippen LogP contribution in [0.1, 0.15) is 25.3 Å². The molecule has 0 amide bonds. The fourth-order valence-electron chi connectivity index (χ4n) is 6.68. The standard InChI is InChI=1S/C34H44ClN8O2P/c1-6-23-19-28(31(45-3)20-30(23)43-13-11-24(12-14-43)42-17-15-41(2)16-18-42)39-34-37-21-26(35)33(40-34)38-29-22-36-27-10-8-7-9-25(27)32(29)46(4,5)44/h7-10,19-22,24H,6,11-18H2,1-5H3,(H2,37,38,39,40). The second-order valence-electron chi connectivity index (χ2n) is 12.6. The van der Waals surface area contributed by atoms with Gasteiger partial charge in [0, 0.05) is 67.8 Å². The van der Waals surface area contributed by atoms with Crippen LogP contribution >= 0.6 is 18.7 Å². The van der Waals surface area contributed by atoms with Gasteiger partial charge in [-0.15, -0.1) is 0 Å². The van der Waals surface area contributed by atoms with Gasteiger partial charge in [0.15, 0.2) is 5.82 Å². The van der Waals surface area contributed by atoms with E-state index in [0.29, 0.717) is 33.8 Å². The Labute approximate surface area is 276 Å². The van der Waals surface area contributed by atoms with Crippen LogP contribution in [0.2, 0.25) is 5.02 Å². The van der Waals surface area contributed by atoms with Gasteiger partial charge in [0.1, 0.15) is 17.9 Å². The predicted molar refractivity (Wildman–Crippen MR) is 191 cm³/mol. The number of hydrogen-bond acceptors (Lipinski definition) is 10. The van der Waals surface area contributed by atoms with E-state index in [1.54, 1.807) is 32.8 Å². The van der Waals surface area contributed by atoms with Gasteiger partial charge in [-0.05, 0) is 57.3 Å². The summed E-state index contributed by atoms with van der Waals surface area (Å²) in [5.41, 5.74) is 4.63. The zero-order chi connectivity index (χ0) is 32.4. The average Bonchev–Trinajstić information content (AvgIpc) is 3.06. The second-order valence-corrected chi connectivity index (χ2v) is 16.2. The molecule has 0 unspecified atom stereocenters. The highest BCUT2D eigenvalue weighted by atomic mass is 35.5. The SMILES string of the molecule is CCc1cc(Nc2ncc(Cl)c(Nc3cnc4ccccc4c3P(C)(C)=O)n2)c(OC)cc1N1CCC(N2CCN(C)CC2)CC1. The molecule has 2 aliphatic rings. The molecule has 0 radical (unpaired) electrons. The molecule has 0 spiro atoms. The van der Waals surface area contributed by atoms with E-state index >= 15 is 0 Å². The highest BCUT2D eigenvalue weighted by molar-refractivity contribution is 7.71. The minimum atomic E-state index is -2.70. The third kappa shape index (κ3) is 6.95. The van der Waals surface area contributed by atoms with Gasteiger partial charge in [-0.25, -0.2) is 4.98 Å². The number of ether oxygens (including phenoxy) is 1. The van der Waals surface area contributed by atoms with Crippen LogP contribution < -0.4 is 25.6 Å². The number of nitrogens with one attached hydrogen (secondary N) is 2. The van der Waals surface area contributed by atoms with Gasteiger partial charge in [-0.2, -0.15) is 4.98 Å². The van der Waals surface area contributed by atoms with Crippen LogP contribution in [-0.4, -0.2) is 97.5 Å². The maximum absolute atomic E-state index is 13.4. The number of pyridine rings is 1. The van der Waals surface area contributed by atoms with Crippen LogP contribution in [0.3, 0.4) is 0 Å². The number of hydrogen-bond donors (Lipinski definition) is 2. The molecule has 2 saturated heterocycles. The number of aryl methyl sites for hydroxylation is 1. The zero-order valence-electron chi connectivity index (χ0n) is 27.4. The highest BCUT2D eigenvalue weighted by Gasteiger charge is 2.28. The molecule has 0 atom stereocenters. The molecule has 2 aromatic heterocycles. The summed E-state index contributed by atoms with van der Waals surface area (Å²) in [6, 6.07) is 12.6. The van der Waals surface area contributed by atoms with Crippen molar-refractivity contribution in [2.75, 3.05) is 82.3 Å². The Morgan fingerprint density at radius 3 is 2.41 bits per heavy atom. The van der Waals surface area contributed by atoms with Crippen molar-refractivity contribution in [1.82, 2.24) is 24.8 Å². The lowest BCUT2D eigenvalue weighted by molar-refractivity contribution is 0.0982. The summed E-state index contributed by atoms with van der Waals surface area (Å²) in [6.07, 6.45) is 6.46. The number of nitrogens with zero attached hydrogens (tertiary/aromatic N) is 6. The minimum Gasteiger partial charge on any atom is -0.494 e. The molecule has 12 heteroatoms. The zero-order valence-corrected chi connectivity index (χ0v) is 29.0. The monoisotopic (exact) mass is 662 g/mol. The summed E-state index contributed by atoms with van der Waals surface area (Å²) in [5, 5.41) is 8.54. The molecule has 46 heavy (non-hydrogen) atoms. The van der Waals surface area contributed by atoms with Crippen LogP contribution in [0.5, 0.6) is 5.75 Å². The Bertz CT molecular complexity index is 1750. The number of likely N-dealkylation sites (N-methyl/N-ethyl adjacent to an activating group) is 1. The number of aromatic nitrogens is 3. The number of halogens is 1. The fourth-order valence-corrected chi connectivity index (χ4v) is 8.28. The molecule has 0 saturated carbocycles. The van der Waals surface area contributed by atoms with E-state index in [0.717, 1.165) is 68.0 Å². The number of rotatable bonds is 9. The molecule has 6 rings (SSSR count). The third-order valence-corrected chi connectivity index (χ3v) is 11.0. The lowest BCUT2D eigenvalue weighted by Crippen LogP contribution is -2.52. The highest BCUT2D eigenvalue weighted by Crippen LogP contribution is 2.42. The van der Waals surface area contributed by atoms with Gasteiger partial charge < -0.3 is 29.7 Å².